The predicted molar refractivity (Wildman–Crippen MR) is 33.8 cm³/mol. The number of carbonyl (C=O) groups is 1. The number of rotatable bonds is 5. The molecule has 0 atom stereocenters. The van der Waals surface area contributed by atoms with Crippen molar-refractivity contribution < 1.29 is 18.3 Å². The molecule has 0 unspecified atom stereocenters. The molecule has 0 aromatic heterocycles. The summed E-state index contributed by atoms with van der Waals surface area (Å²) >= 11 is 0. The molecule has 0 saturated heterocycles. The summed E-state index contributed by atoms with van der Waals surface area (Å²) in [6.07, 6.45) is -2.49. The van der Waals surface area contributed by atoms with E-state index in [4.69, 9.17) is 5.84 Å². The van der Waals surface area contributed by atoms with Gasteiger partial charge in [0.15, 0.2) is 0 Å². The summed E-state index contributed by atoms with van der Waals surface area (Å²) in [5.74, 6) is 4.28. The van der Waals surface area contributed by atoms with Crippen molar-refractivity contribution in [3.63, 3.8) is 0 Å². The quantitative estimate of drug-likeness (QED) is 0.255. The van der Waals surface area contributed by atoms with E-state index in [0.717, 1.165) is 0 Å². The van der Waals surface area contributed by atoms with Crippen molar-refractivity contribution in [1.82, 2.24) is 5.43 Å². The Morgan fingerprint density at radius 1 is 1.64 bits per heavy atom. The standard InChI is InChI=1S/C5H10F2N2O2/c6-4(7)3-11-2-1-5(10)9-8/h4H,1-3,8H2,(H,9,10). The summed E-state index contributed by atoms with van der Waals surface area (Å²) in [6, 6.07) is 0. The van der Waals surface area contributed by atoms with Crippen LogP contribution in [-0.4, -0.2) is 25.5 Å². The van der Waals surface area contributed by atoms with E-state index in [1.165, 1.54) is 0 Å². The second-order valence-electron chi connectivity index (χ2n) is 1.78. The van der Waals surface area contributed by atoms with Crippen LogP contribution in [0.15, 0.2) is 0 Å². The van der Waals surface area contributed by atoms with Gasteiger partial charge >= 0.3 is 0 Å². The van der Waals surface area contributed by atoms with Gasteiger partial charge in [-0.3, -0.25) is 10.2 Å². The van der Waals surface area contributed by atoms with Crippen LogP contribution < -0.4 is 11.3 Å². The van der Waals surface area contributed by atoms with Crippen molar-refractivity contribution in [1.29, 1.82) is 0 Å². The fraction of sp³-hybridized carbons (Fsp3) is 0.800. The number of amides is 1. The largest absolute Gasteiger partial charge is 0.375 e. The maximum Gasteiger partial charge on any atom is 0.261 e. The fourth-order valence-corrected chi connectivity index (χ4v) is 0.409. The number of nitrogens with two attached hydrogens (primary N) is 1. The summed E-state index contributed by atoms with van der Waals surface area (Å²) in [4.78, 5) is 10.4. The van der Waals surface area contributed by atoms with Gasteiger partial charge in [0.25, 0.3) is 6.43 Å². The van der Waals surface area contributed by atoms with E-state index in [1.54, 1.807) is 0 Å². The molecule has 0 aromatic rings. The van der Waals surface area contributed by atoms with Crippen molar-refractivity contribution in [3.05, 3.63) is 0 Å². The van der Waals surface area contributed by atoms with Gasteiger partial charge in [-0.1, -0.05) is 0 Å². The minimum absolute atomic E-state index is 0.00319. The first kappa shape index (κ1) is 10.2. The summed E-state index contributed by atoms with van der Waals surface area (Å²) in [5.41, 5.74) is 1.85. The predicted octanol–water partition coefficient (Wildman–Crippen LogP) is -0.352. The molecule has 0 aliphatic carbocycles. The Kier molecular flexibility index (Phi) is 5.58. The number of carbonyl (C=O) groups excluding carboxylic acids is 1. The number of alkyl halides is 2. The van der Waals surface area contributed by atoms with E-state index in [0.29, 0.717) is 0 Å². The van der Waals surface area contributed by atoms with Gasteiger partial charge in [0.1, 0.15) is 6.61 Å². The molecule has 1 amide bonds. The van der Waals surface area contributed by atoms with Gasteiger partial charge in [-0.2, -0.15) is 0 Å². The highest BCUT2D eigenvalue weighted by atomic mass is 19.3. The van der Waals surface area contributed by atoms with Crippen molar-refractivity contribution in [2.45, 2.75) is 12.8 Å². The first-order valence-corrected chi connectivity index (χ1v) is 3.02. The number of hydrogen-bond acceptors (Lipinski definition) is 3. The van der Waals surface area contributed by atoms with E-state index in [2.05, 4.69) is 4.74 Å². The fourth-order valence-electron chi connectivity index (χ4n) is 0.409. The van der Waals surface area contributed by atoms with E-state index in [9.17, 15) is 13.6 Å². The molecular weight excluding hydrogens is 158 g/mol. The average molecular weight is 168 g/mol. The van der Waals surface area contributed by atoms with Crippen LogP contribution >= 0.6 is 0 Å². The molecule has 0 aliphatic heterocycles. The van der Waals surface area contributed by atoms with Crippen LogP contribution in [0, 0.1) is 0 Å². The van der Waals surface area contributed by atoms with E-state index in [1.807, 2.05) is 5.43 Å². The molecule has 0 spiro atoms. The molecule has 0 heterocycles. The number of ether oxygens (including phenoxy) is 1. The maximum absolute atomic E-state index is 11.4. The summed E-state index contributed by atoms with van der Waals surface area (Å²) in [5, 5.41) is 0. The van der Waals surface area contributed by atoms with Crippen LogP contribution in [0.3, 0.4) is 0 Å². The molecule has 3 N–H and O–H groups in total. The van der Waals surface area contributed by atoms with Gasteiger partial charge in [-0.05, 0) is 0 Å². The van der Waals surface area contributed by atoms with Gasteiger partial charge in [-0.25, -0.2) is 14.6 Å². The average Bonchev–Trinajstić information content (AvgIpc) is 1.97. The molecule has 0 saturated carbocycles. The summed E-state index contributed by atoms with van der Waals surface area (Å²) in [6.45, 7) is -0.675. The molecule has 4 nitrogen and oxygen atoms in total. The van der Waals surface area contributed by atoms with E-state index in [-0.39, 0.29) is 13.0 Å². The normalized spacial score (nSPS) is 10.2. The SMILES string of the molecule is NNC(=O)CCOCC(F)F. The molecule has 0 bridgehead atoms. The highest BCUT2D eigenvalue weighted by Gasteiger charge is 2.02. The molecule has 0 aromatic carbocycles. The Labute approximate surface area is 62.7 Å². The van der Waals surface area contributed by atoms with Crippen molar-refractivity contribution in [2.24, 2.45) is 5.84 Å². The van der Waals surface area contributed by atoms with Crippen molar-refractivity contribution in [3.8, 4) is 0 Å². The Balaban J connectivity index is 3.08. The minimum Gasteiger partial charge on any atom is -0.375 e. The van der Waals surface area contributed by atoms with Gasteiger partial charge in [0.05, 0.1) is 13.0 Å². The lowest BCUT2D eigenvalue weighted by Gasteiger charge is -2.01. The number of hydrogen-bond donors (Lipinski definition) is 2. The summed E-state index contributed by atoms with van der Waals surface area (Å²) < 4.78 is 27.2. The van der Waals surface area contributed by atoms with Gasteiger partial charge in [0, 0.05) is 0 Å². The highest BCUT2D eigenvalue weighted by molar-refractivity contribution is 5.75. The molecule has 11 heavy (non-hydrogen) atoms. The van der Waals surface area contributed by atoms with Crippen LogP contribution in [-0.2, 0) is 9.53 Å². The van der Waals surface area contributed by atoms with Crippen LogP contribution in [0.4, 0.5) is 8.78 Å². The molecule has 0 radical (unpaired) electrons. The lowest BCUT2D eigenvalue weighted by molar-refractivity contribution is -0.122. The first-order chi connectivity index (χ1) is 5.16. The maximum atomic E-state index is 11.4. The zero-order valence-electron chi connectivity index (χ0n) is 5.85. The van der Waals surface area contributed by atoms with Crippen molar-refractivity contribution >= 4 is 5.91 Å². The number of nitrogens with one attached hydrogen (secondary N) is 1. The Morgan fingerprint density at radius 2 is 2.27 bits per heavy atom. The van der Waals surface area contributed by atoms with Gasteiger partial charge in [-0.15, -0.1) is 0 Å². The van der Waals surface area contributed by atoms with E-state index >= 15 is 0 Å². The second-order valence-corrected chi connectivity index (χ2v) is 1.78. The Morgan fingerprint density at radius 3 is 2.73 bits per heavy atom. The molecule has 6 heteroatoms. The van der Waals surface area contributed by atoms with Crippen LogP contribution in [0.1, 0.15) is 6.42 Å². The topological polar surface area (TPSA) is 64.3 Å². The minimum atomic E-state index is -2.49. The molecule has 0 fully saturated rings. The lowest BCUT2D eigenvalue weighted by Crippen LogP contribution is -2.30. The Bertz CT molecular complexity index is 121. The van der Waals surface area contributed by atoms with Crippen LogP contribution in [0.5, 0.6) is 0 Å². The third kappa shape index (κ3) is 7.14. The second kappa shape index (κ2) is 5.99. The zero-order chi connectivity index (χ0) is 8.69. The zero-order valence-corrected chi connectivity index (χ0v) is 5.85. The number of halogens is 2. The van der Waals surface area contributed by atoms with Crippen LogP contribution in [0.25, 0.3) is 0 Å². The Hall–Kier alpha value is -0.750. The van der Waals surface area contributed by atoms with Crippen LogP contribution in [0.2, 0.25) is 0 Å². The van der Waals surface area contributed by atoms with Gasteiger partial charge in [0.2, 0.25) is 5.91 Å². The molecule has 66 valence electrons. The third-order valence-corrected chi connectivity index (χ3v) is 0.878. The van der Waals surface area contributed by atoms with E-state index < -0.39 is 18.9 Å². The third-order valence-electron chi connectivity index (χ3n) is 0.878. The van der Waals surface area contributed by atoms with Gasteiger partial charge < -0.3 is 4.74 Å². The monoisotopic (exact) mass is 168 g/mol. The molecule has 0 aliphatic rings. The lowest BCUT2D eigenvalue weighted by atomic mass is 10.4. The highest BCUT2D eigenvalue weighted by Crippen LogP contribution is 1.92. The molecule has 0 rings (SSSR count). The summed E-state index contributed by atoms with van der Waals surface area (Å²) in [7, 11) is 0. The smallest absolute Gasteiger partial charge is 0.261 e. The molecular formula is C5H10F2N2O2. The van der Waals surface area contributed by atoms with Crippen molar-refractivity contribution in [2.75, 3.05) is 13.2 Å². The number of hydrazine groups is 1. The first-order valence-electron chi connectivity index (χ1n) is 3.02.